The minimum atomic E-state index is -3.78. The molecule has 0 aliphatic rings. The monoisotopic (exact) mass is 363 g/mol. The average molecular weight is 364 g/mol. The van der Waals surface area contributed by atoms with Crippen molar-refractivity contribution in [3.63, 3.8) is 0 Å². The fourth-order valence-electron chi connectivity index (χ4n) is 1.52. The van der Waals surface area contributed by atoms with Crippen LogP contribution in [0.4, 0.5) is 5.69 Å². The van der Waals surface area contributed by atoms with Gasteiger partial charge in [-0.15, -0.1) is 0 Å². The van der Waals surface area contributed by atoms with E-state index in [1.54, 1.807) is 13.0 Å². The Hall–Kier alpha value is -1.12. The van der Waals surface area contributed by atoms with Gasteiger partial charge >= 0.3 is 0 Å². The van der Waals surface area contributed by atoms with Crippen LogP contribution in [0.2, 0.25) is 0 Å². The molecule has 0 saturated carbocycles. The van der Waals surface area contributed by atoms with E-state index < -0.39 is 10.0 Å². The summed E-state index contributed by atoms with van der Waals surface area (Å²) in [6.07, 6.45) is 0.791. The van der Waals surface area contributed by atoms with E-state index in [2.05, 4.69) is 26.0 Å². The molecule has 0 unspecified atom stereocenters. The molecule has 0 aromatic heterocycles. The number of hydrogen-bond donors (Lipinski definition) is 3. The first-order chi connectivity index (χ1) is 9.27. The maximum Gasteiger partial charge on any atom is 0.241 e. The van der Waals surface area contributed by atoms with Crippen molar-refractivity contribution in [3.05, 3.63) is 22.2 Å². The first-order valence-electron chi connectivity index (χ1n) is 6.10. The first-order valence-corrected chi connectivity index (χ1v) is 8.37. The van der Waals surface area contributed by atoms with Gasteiger partial charge in [-0.3, -0.25) is 4.79 Å². The Bertz CT molecular complexity index is 602. The minimum absolute atomic E-state index is 0.0627. The van der Waals surface area contributed by atoms with Crippen LogP contribution in [-0.4, -0.2) is 27.4 Å². The summed E-state index contributed by atoms with van der Waals surface area (Å²) in [6.45, 7) is 3.75. The lowest BCUT2D eigenvalue weighted by Gasteiger charge is -2.11. The summed E-state index contributed by atoms with van der Waals surface area (Å²) in [4.78, 5) is 11.5. The van der Waals surface area contributed by atoms with Crippen molar-refractivity contribution in [2.45, 2.75) is 25.2 Å². The van der Waals surface area contributed by atoms with E-state index >= 15 is 0 Å². The summed E-state index contributed by atoms with van der Waals surface area (Å²) in [7, 11) is -3.78. The van der Waals surface area contributed by atoms with E-state index in [1.807, 2.05) is 6.92 Å². The standard InChI is InChI=1S/C12H18BrN3O3S/c1-3-4-15-12(17)7-16-20(18,19)11-6-9(13)5-10(14)8(11)2/h5-6,16H,3-4,7,14H2,1-2H3,(H,15,17). The molecular formula is C12H18BrN3O3S. The van der Waals surface area contributed by atoms with Gasteiger partial charge in [-0.2, -0.15) is 0 Å². The summed E-state index contributed by atoms with van der Waals surface area (Å²) in [5.41, 5.74) is 6.56. The number of nitrogens with two attached hydrogens (primary N) is 1. The van der Waals surface area contributed by atoms with Crippen LogP contribution < -0.4 is 15.8 Å². The van der Waals surface area contributed by atoms with Crippen LogP contribution in [0.3, 0.4) is 0 Å². The highest BCUT2D eigenvalue weighted by molar-refractivity contribution is 9.10. The molecule has 20 heavy (non-hydrogen) atoms. The van der Waals surface area contributed by atoms with Gasteiger partial charge in [-0.1, -0.05) is 22.9 Å². The van der Waals surface area contributed by atoms with Crippen LogP contribution in [0.5, 0.6) is 0 Å². The van der Waals surface area contributed by atoms with Gasteiger partial charge in [0, 0.05) is 16.7 Å². The van der Waals surface area contributed by atoms with Crippen LogP contribution in [-0.2, 0) is 14.8 Å². The Morgan fingerprint density at radius 3 is 2.65 bits per heavy atom. The van der Waals surface area contributed by atoms with Crippen LogP contribution >= 0.6 is 15.9 Å². The molecule has 1 amide bonds. The largest absolute Gasteiger partial charge is 0.398 e. The van der Waals surface area contributed by atoms with Crippen molar-refractivity contribution in [2.75, 3.05) is 18.8 Å². The van der Waals surface area contributed by atoms with Gasteiger partial charge in [0.05, 0.1) is 11.4 Å². The molecule has 0 aliphatic carbocycles. The SMILES string of the molecule is CCCNC(=O)CNS(=O)(=O)c1cc(Br)cc(N)c1C. The van der Waals surface area contributed by atoms with Crippen molar-refractivity contribution < 1.29 is 13.2 Å². The van der Waals surface area contributed by atoms with E-state index in [0.29, 0.717) is 22.3 Å². The Morgan fingerprint density at radius 2 is 2.05 bits per heavy atom. The molecule has 112 valence electrons. The number of carbonyl (C=O) groups is 1. The fourth-order valence-corrected chi connectivity index (χ4v) is 3.43. The number of halogens is 1. The summed E-state index contributed by atoms with van der Waals surface area (Å²) in [5.74, 6) is -0.365. The van der Waals surface area contributed by atoms with Crippen molar-refractivity contribution >= 4 is 37.5 Å². The zero-order valence-corrected chi connectivity index (χ0v) is 13.8. The van der Waals surface area contributed by atoms with Crippen LogP contribution in [0, 0.1) is 6.92 Å². The topological polar surface area (TPSA) is 101 Å². The van der Waals surface area contributed by atoms with Crippen LogP contribution in [0.25, 0.3) is 0 Å². The number of sulfonamides is 1. The zero-order chi connectivity index (χ0) is 15.3. The number of carbonyl (C=O) groups excluding carboxylic acids is 1. The molecule has 0 spiro atoms. The maximum absolute atomic E-state index is 12.2. The summed E-state index contributed by atoms with van der Waals surface area (Å²) in [6, 6.07) is 3.08. The second-order valence-corrected chi connectivity index (χ2v) is 6.94. The lowest BCUT2D eigenvalue weighted by atomic mass is 10.2. The van der Waals surface area contributed by atoms with E-state index in [1.165, 1.54) is 6.07 Å². The van der Waals surface area contributed by atoms with Gasteiger partial charge < -0.3 is 11.1 Å². The quantitative estimate of drug-likeness (QED) is 0.659. The van der Waals surface area contributed by atoms with Crippen molar-refractivity contribution in [1.29, 1.82) is 0 Å². The fraction of sp³-hybridized carbons (Fsp3) is 0.417. The summed E-state index contributed by atoms with van der Waals surface area (Å²) in [5, 5.41) is 2.59. The summed E-state index contributed by atoms with van der Waals surface area (Å²) < 4.78 is 27.2. The molecule has 4 N–H and O–H groups in total. The zero-order valence-electron chi connectivity index (χ0n) is 11.4. The number of benzene rings is 1. The maximum atomic E-state index is 12.2. The molecule has 0 saturated heterocycles. The van der Waals surface area contributed by atoms with Gasteiger partial charge in [-0.05, 0) is 31.0 Å². The van der Waals surface area contributed by atoms with Crippen molar-refractivity contribution in [3.8, 4) is 0 Å². The molecule has 0 radical (unpaired) electrons. The highest BCUT2D eigenvalue weighted by Gasteiger charge is 2.19. The Balaban J connectivity index is 2.87. The third-order valence-electron chi connectivity index (χ3n) is 2.65. The van der Waals surface area contributed by atoms with Crippen LogP contribution in [0.15, 0.2) is 21.5 Å². The van der Waals surface area contributed by atoms with E-state index in [9.17, 15) is 13.2 Å². The van der Waals surface area contributed by atoms with E-state index in [0.717, 1.165) is 6.42 Å². The normalized spacial score (nSPS) is 11.3. The number of amides is 1. The molecule has 0 aliphatic heterocycles. The van der Waals surface area contributed by atoms with E-state index in [-0.39, 0.29) is 17.3 Å². The molecule has 8 heteroatoms. The Kier molecular flexibility index (Phi) is 5.97. The second-order valence-electron chi connectivity index (χ2n) is 4.29. The molecule has 1 aromatic carbocycles. The van der Waals surface area contributed by atoms with Gasteiger partial charge in [0.25, 0.3) is 0 Å². The number of nitrogen functional groups attached to an aromatic ring is 1. The molecule has 0 bridgehead atoms. The first kappa shape index (κ1) is 16.9. The molecule has 6 nitrogen and oxygen atoms in total. The van der Waals surface area contributed by atoms with Gasteiger partial charge in [-0.25, -0.2) is 13.1 Å². The van der Waals surface area contributed by atoms with Gasteiger partial charge in [0.15, 0.2) is 0 Å². The number of hydrogen-bond acceptors (Lipinski definition) is 4. The van der Waals surface area contributed by atoms with Gasteiger partial charge in [0.1, 0.15) is 0 Å². The predicted octanol–water partition coefficient (Wildman–Crippen LogP) is 1.14. The van der Waals surface area contributed by atoms with Crippen molar-refractivity contribution in [2.24, 2.45) is 0 Å². The second kappa shape index (κ2) is 7.05. The molecule has 0 fully saturated rings. The molecule has 0 atom stereocenters. The molecule has 1 aromatic rings. The van der Waals surface area contributed by atoms with Gasteiger partial charge in [0.2, 0.25) is 15.9 Å². The van der Waals surface area contributed by atoms with Crippen LogP contribution in [0.1, 0.15) is 18.9 Å². The molecule has 0 heterocycles. The average Bonchev–Trinajstić information content (AvgIpc) is 2.38. The highest BCUT2D eigenvalue weighted by atomic mass is 79.9. The van der Waals surface area contributed by atoms with Crippen molar-refractivity contribution in [1.82, 2.24) is 10.0 Å². The summed E-state index contributed by atoms with van der Waals surface area (Å²) >= 11 is 3.20. The Labute approximate surface area is 127 Å². The lowest BCUT2D eigenvalue weighted by Crippen LogP contribution is -2.37. The Morgan fingerprint density at radius 1 is 1.40 bits per heavy atom. The third-order valence-corrected chi connectivity index (χ3v) is 4.63. The molecular weight excluding hydrogens is 346 g/mol. The third kappa shape index (κ3) is 4.46. The number of nitrogens with one attached hydrogen (secondary N) is 2. The lowest BCUT2D eigenvalue weighted by molar-refractivity contribution is -0.119. The smallest absolute Gasteiger partial charge is 0.241 e. The minimum Gasteiger partial charge on any atom is -0.398 e. The highest BCUT2D eigenvalue weighted by Crippen LogP contribution is 2.25. The van der Waals surface area contributed by atoms with E-state index in [4.69, 9.17) is 5.73 Å². The predicted molar refractivity (Wildman–Crippen MR) is 81.8 cm³/mol. The number of anilines is 1. The number of rotatable bonds is 6. The molecule has 1 rings (SSSR count).